The molecule has 0 aliphatic carbocycles. The Bertz CT molecular complexity index is 693. The normalized spacial score (nSPS) is 15.4. The van der Waals surface area contributed by atoms with Gasteiger partial charge in [0.1, 0.15) is 0 Å². The van der Waals surface area contributed by atoms with Crippen LogP contribution < -0.4 is 16.0 Å². The molecule has 1 amide bonds. The topological polar surface area (TPSA) is 61.6 Å². The molecule has 120 valence electrons. The molecule has 23 heavy (non-hydrogen) atoms. The minimum atomic E-state index is -0.140. The standard InChI is InChI=1S/C18H22N4O/c1-21-9-11-22(12-10-21)17-8-3-2-7-16(17)20-18(23)14-5-4-6-15(19)13-14/h2-8,13H,9-12,19H2,1H3,(H,20,23). The lowest BCUT2D eigenvalue weighted by Crippen LogP contribution is -2.44. The fourth-order valence-corrected chi connectivity index (χ4v) is 2.78. The number of hydrogen-bond acceptors (Lipinski definition) is 4. The highest BCUT2D eigenvalue weighted by Gasteiger charge is 2.18. The number of nitrogen functional groups attached to an aromatic ring is 1. The summed E-state index contributed by atoms with van der Waals surface area (Å²) in [6.45, 7) is 3.97. The van der Waals surface area contributed by atoms with E-state index in [4.69, 9.17) is 5.73 Å². The Hall–Kier alpha value is -2.53. The molecule has 0 bridgehead atoms. The van der Waals surface area contributed by atoms with E-state index in [-0.39, 0.29) is 5.91 Å². The molecule has 1 saturated heterocycles. The molecule has 0 atom stereocenters. The van der Waals surface area contributed by atoms with E-state index >= 15 is 0 Å². The molecule has 0 unspecified atom stereocenters. The van der Waals surface area contributed by atoms with Gasteiger partial charge in [-0.2, -0.15) is 0 Å². The van der Waals surface area contributed by atoms with Crippen molar-refractivity contribution in [3.63, 3.8) is 0 Å². The van der Waals surface area contributed by atoms with Gasteiger partial charge in [-0.1, -0.05) is 18.2 Å². The summed E-state index contributed by atoms with van der Waals surface area (Å²) in [5.41, 5.74) is 8.82. The van der Waals surface area contributed by atoms with Gasteiger partial charge in [-0.15, -0.1) is 0 Å². The molecule has 0 aromatic heterocycles. The summed E-state index contributed by atoms with van der Waals surface area (Å²) >= 11 is 0. The van der Waals surface area contributed by atoms with Crippen molar-refractivity contribution in [3.8, 4) is 0 Å². The highest BCUT2D eigenvalue weighted by molar-refractivity contribution is 6.06. The van der Waals surface area contributed by atoms with Crippen LogP contribution in [0.1, 0.15) is 10.4 Å². The van der Waals surface area contributed by atoms with Crippen molar-refractivity contribution in [1.29, 1.82) is 0 Å². The van der Waals surface area contributed by atoms with Crippen molar-refractivity contribution in [2.24, 2.45) is 0 Å². The number of likely N-dealkylation sites (N-methyl/N-ethyl adjacent to an activating group) is 1. The first kappa shape index (κ1) is 15.4. The quantitative estimate of drug-likeness (QED) is 0.854. The molecule has 5 nitrogen and oxygen atoms in total. The lowest BCUT2D eigenvalue weighted by molar-refractivity contribution is 0.102. The molecule has 1 aliphatic rings. The van der Waals surface area contributed by atoms with Crippen LogP contribution in [-0.4, -0.2) is 44.0 Å². The minimum Gasteiger partial charge on any atom is -0.399 e. The van der Waals surface area contributed by atoms with E-state index in [1.54, 1.807) is 24.3 Å². The van der Waals surface area contributed by atoms with Gasteiger partial charge >= 0.3 is 0 Å². The van der Waals surface area contributed by atoms with Crippen molar-refractivity contribution in [3.05, 3.63) is 54.1 Å². The largest absolute Gasteiger partial charge is 0.399 e. The maximum absolute atomic E-state index is 12.5. The number of carbonyl (C=O) groups excluding carboxylic acids is 1. The van der Waals surface area contributed by atoms with Crippen LogP contribution >= 0.6 is 0 Å². The Morgan fingerprint density at radius 2 is 1.78 bits per heavy atom. The first-order chi connectivity index (χ1) is 11.1. The van der Waals surface area contributed by atoms with E-state index in [1.807, 2.05) is 18.2 Å². The van der Waals surface area contributed by atoms with Gasteiger partial charge in [-0.3, -0.25) is 4.79 Å². The van der Waals surface area contributed by atoms with E-state index in [2.05, 4.69) is 28.2 Å². The van der Waals surface area contributed by atoms with E-state index < -0.39 is 0 Å². The van der Waals surface area contributed by atoms with Crippen molar-refractivity contribution in [2.45, 2.75) is 0 Å². The third kappa shape index (κ3) is 3.63. The van der Waals surface area contributed by atoms with E-state index in [1.165, 1.54) is 0 Å². The number of benzene rings is 2. The first-order valence-corrected chi connectivity index (χ1v) is 7.83. The van der Waals surface area contributed by atoms with Gasteiger partial charge in [-0.05, 0) is 37.4 Å². The molecule has 1 fully saturated rings. The number of carbonyl (C=O) groups is 1. The van der Waals surface area contributed by atoms with Crippen molar-refractivity contribution < 1.29 is 4.79 Å². The zero-order chi connectivity index (χ0) is 16.2. The lowest BCUT2D eigenvalue weighted by atomic mass is 10.1. The SMILES string of the molecule is CN1CCN(c2ccccc2NC(=O)c2cccc(N)c2)CC1. The Morgan fingerprint density at radius 1 is 1.04 bits per heavy atom. The summed E-state index contributed by atoms with van der Waals surface area (Å²) in [6, 6.07) is 15.0. The summed E-state index contributed by atoms with van der Waals surface area (Å²) < 4.78 is 0. The fraction of sp³-hybridized carbons (Fsp3) is 0.278. The zero-order valence-electron chi connectivity index (χ0n) is 13.3. The van der Waals surface area contributed by atoms with Crippen LogP contribution in [0.25, 0.3) is 0 Å². The fourth-order valence-electron chi connectivity index (χ4n) is 2.78. The predicted octanol–water partition coefficient (Wildman–Crippen LogP) is 2.27. The summed E-state index contributed by atoms with van der Waals surface area (Å²) in [5.74, 6) is -0.140. The maximum Gasteiger partial charge on any atom is 0.255 e. The molecule has 2 aromatic rings. The number of nitrogens with zero attached hydrogens (tertiary/aromatic N) is 2. The molecular formula is C18H22N4O. The number of anilines is 3. The molecule has 3 N–H and O–H groups in total. The summed E-state index contributed by atoms with van der Waals surface area (Å²) in [7, 11) is 2.13. The van der Waals surface area contributed by atoms with Crippen LogP contribution in [0.5, 0.6) is 0 Å². The first-order valence-electron chi connectivity index (χ1n) is 7.83. The second-order valence-electron chi connectivity index (χ2n) is 5.89. The number of hydrogen-bond donors (Lipinski definition) is 2. The van der Waals surface area contributed by atoms with Gasteiger partial charge in [0.2, 0.25) is 0 Å². The second kappa shape index (κ2) is 6.71. The van der Waals surface area contributed by atoms with Gasteiger partial charge in [-0.25, -0.2) is 0 Å². The van der Waals surface area contributed by atoms with Gasteiger partial charge in [0.25, 0.3) is 5.91 Å². The third-order valence-corrected chi connectivity index (χ3v) is 4.15. The third-order valence-electron chi connectivity index (χ3n) is 4.15. The van der Waals surface area contributed by atoms with Crippen LogP contribution in [0.15, 0.2) is 48.5 Å². The van der Waals surface area contributed by atoms with Gasteiger partial charge in [0.05, 0.1) is 11.4 Å². The Morgan fingerprint density at radius 3 is 2.52 bits per heavy atom. The summed E-state index contributed by atoms with van der Waals surface area (Å²) in [5, 5.41) is 3.01. The van der Waals surface area contributed by atoms with Gasteiger partial charge < -0.3 is 20.9 Å². The van der Waals surface area contributed by atoms with Gasteiger partial charge in [0, 0.05) is 37.4 Å². The lowest BCUT2D eigenvalue weighted by Gasteiger charge is -2.35. The molecule has 3 rings (SSSR count). The Balaban J connectivity index is 1.79. The smallest absolute Gasteiger partial charge is 0.255 e. The molecule has 2 aromatic carbocycles. The molecular weight excluding hydrogens is 288 g/mol. The number of rotatable bonds is 3. The second-order valence-corrected chi connectivity index (χ2v) is 5.89. The number of amides is 1. The summed E-state index contributed by atoms with van der Waals surface area (Å²) in [6.07, 6.45) is 0. The van der Waals surface area contributed by atoms with E-state index in [0.717, 1.165) is 37.6 Å². The molecule has 0 spiro atoms. The molecule has 1 heterocycles. The molecule has 0 radical (unpaired) electrons. The van der Waals surface area contributed by atoms with Crippen molar-refractivity contribution in [1.82, 2.24) is 4.90 Å². The monoisotopic (exact) mass is 310 g/mol. The van der Waals surface area contributed by atoms with Crippen molar-refractivity contribution >= 4 is 23.0 Å². The van der Waals surface area contributed by atoms with Crippen LogP contribution in [-0.2, 0) is 0 Å². The molecule has 5 heteroatoms. The number of nitrogens with one attached hydrogen (secondary N) is 1. The van der Waals surface area contributed by atoms with Crippen LogP contribution in [0, 0.1) is 0 Å². The zero-order valence-corrected chi connectivity index (χ0v) is 13.3. The highest BCUT2D eigenvalue weighted by Crippen LogP contribution is 2.27. The molecule has 1 aliphatic heterocycles. The van der Waals surface area contributed by atoms with Crippen LogP contribution in [0.4, 0.5) is 17.1 Å². The Labute approximate surface area is 136 Å². The van der Waals surface area contributed by atoms with Crippen molar-refractivity contribution in [2.75, 3.05) is 49.2 Å². The number of para-hydroxylation sites is 2. The average Bonchev–Trinajstić information content (AvgIpc) is 2.56. The average molecular weight is 310 g/mol. The number of nitrogens with two attached hydrogens (primary N) is 1. The molecule has 0 saturated carbocycles. The van der Waals surface area contributed by atoms with Crippen LogP contribution in [0.2, 0.25) is 0 Å². The number of piperazine rings is 1. The van der Waals surface area contributed by atoms with Gasteiger partial charge in [0.15, 0.2) is 0 Å². The summed E-state index contributed by atoms with van der Waals surface area (Å²) in [4.78, 5) is 17.1. The highest BCUT2D eigenvalue weighted by atomic mass is 16.1. The van der Waals surface area contributed by atoms with E-state index in [0.29, 0.717) is 11.3 Å². The predicted molar refractivity (Wildman–Crippen MR) is 95.0 cm³/mol. The van der Waals surface area contributed by atoms with Crippen LogP contribution in [0.3, 0.4) is 0 Å². The van der Waals surface area contributed by atoms with E-state index in [9.17, 15) is 4.79 Å². The maximum atomic E-state index is 12.5. The minimum absolute atomic E-state index is 0.140. The Kier molecular flexibility index (Phi) is 4.48.